The number of alkyl halides is 3. The number of hydrogen-bond donors (Lipinski definition) is 2. The van der Waals surface area contributed by atoms with Crippen molar-refractivity contribution in [1.82, 2.24) is 10.6 Å². The van der Waals surface area contributed by atoms with Gasteiger partial charge < -0.3 is 18.9 Å². The van der Waals surface area contributed by atoms with E-state index >= 15 is 0 Å². The maximum Gasteiger partial charge on any atom is 0.491 e. The number of esters is 2. The molecular formula is C30H29Cl2F3N2O6. The average molecular weight is 641 g/mol. The molecule has 3 unspecified atom stereocenters. The maximum absolute atomic E-state index is 14.1. The van der Waals surface area contributed by atoms with Gasteiger partial charge in [0.1, 0.15) is 11.5 Å². The van der Waals surface area contributed by atoms with Crippen molar-refractivity contribution in [1.29, 1.82) is 0 Å². The van der Waals surface area contributed by atoms with E-state index in [-0.39, 0.29) is 23.5 Å². The second kappa shape index (κ2) is 12.6. The Morgan fingerprint density at radius 1 is 0.977 bits per heavy atom. The molecule has 1 aliphatic heterocycles. The largest absolute Gasteiger partial charge is 0.497 e. The molecule has 0 spiro atoms. The molecular weight excluding hydrogens is 612 g/mol. The number of carbonyl (C=O) groups is 2. The molecule has 0 saturated carbocycles. The van der Waals surface area contributed by atoms with Gasteiger partial charge in [-0.3, -0.25) is 5.32 Å². The van der Waals surface area contributed by atoms with Crippen molar-refractivity contribution in [3.05, 3.63) is 93.5 Å². The number of benzene rings is 3. The summed E-state index contributed by atoms with van der Waals surface area (Å²) < 4.78 is 63.5. The number of ether oxygens (including phenoxy) is 4. The van der Waals surface area contributed by atoms with Gasteiger partial charge in [0.05, 0.1) is 31.4 Å². The van der Waals surface area contributed by atoms with E-state index in [1.807, 2.05) is 0 Å². The van der Waals surface area contributed by atoms with E-state index in [1.165, 1.54) is 49.6 Å². The van der Waals surface area contributed by atoms with E-state index < -0.39 is 41.6 Å². The Labute approximate surface area is 256 Å². The first-order valence-electron chi connectivity index (χ1n) is 13.2. The molecule has 0 bridgehead atoms. The Kier molecular flexibility index (Phi) is 9.51. The summed E-state index contributed by atoms with van der Waals surface area (Å²) in [6.45, 7) is 4.94. The molecule has 3 atom stereocenters. The summed E-state index contributed by atoms with van der Waals surface area (Å²) in [4.78, 5) is 26.7. The standard InChI is InChI=1S/C30H29Cl2F3N2O6/c1-5-41-26(38)28(19-8-12-21(32)13-9-19)25(18-6-10-20(31)11-7-18)36-30(37-28,43-27(39)29(33,34)35)23-15-14-22(40-4)16-24(23)42-17(2)3/h6-17,25,36-37H,5H2,1-4H3. The lowest BCUT2D eigenvalue weighted by Crippen LogP contribution is -2.57. The lowest BCUT2D eigenvalue weighted by molar-refractivity contribution is -0.221. The number of methoxy groups -OCH3 is 1. The van der Waals surface area contributed by atoms with Crippen LogP contribution in [0, 0.1) is 0 Å². The number of rotatable bonds is 9. The van der Waals surface area contributed by atoms with Crippen molar-refractivity contribution in [2.24, 2.45) is 0 Å². The molecule has 3 aromatic carbocycles. The van der Waals surface area contributed by atoms with Crippen LogP contribution in [0.3, 0.4) is 0 Å². The molecule has 0 amide bonds. The third-order valence-corrected chi connectivity index (χ3v) is 7.17. The summed E-state index contributed by atoms with van der Waals surface area (Å²) in [6, 6.07) is 15.4. The van der Waals surface area contributed by atoms with Crippen LogP contribution in [0.2, 0.25) is 10.0 Å². The van der Waals surface area contributed by atoms with Crippen LogP contribution < -0.4 is 20.1 Å². The van der Waals surface area contributed by atoms with Gasteiger partial charge >= 0.3 is 18.1 Å². The normalized spacial score (nSPS) is 21.9. The first-order chi connectivity index (χ1) is 20.3. The van der Waals surface area contributed by atoms with Gasteiger partial charge in [-0.1, -0.05) is 47.5 Å². The number of nitrogens with one attached hydrogen (secondary N) is 2. The number of hydrogen-bond acceptors (Lipinski definition) is 8. The minimum absolute atomic E-state index is 0.0231. The van der Waals surface area contributed by atoms with Crippen molar-refractivity contribution in [3.8, 4) is 11.5 Å². The number of halogens is 5. The minimum Gasteiger partial charge on any atom is -0.497 e. The zero-order valence-electron chi connectivity index (χ0n) is 23.6. The molecule has 1 fully saturated rings. The van der Waals surface area contributed by atoms with Crippen LogP contribution in [0.4, 0.5) is 13.2 Å². The topological polar surface area (TPSA) is 95.1 Å². The summed E-state index contributed by atoms with van der Waals surface area (Å²) in [5, 5.41) is 6.67. The predicted octanol–water partition coefficient (Wildman–Crippen LogP) is 6.40. The highest BCUT2D eigenvalue weighted by Crippen LogP contribution is 2.49. The molecule has 230 valence electrons. The molecule has 2 N–H and O–H groups in total. The first-order valence-corrected chi connectivity index (χ1v) is 13.9. The molecule has 1 heterocycles. The fraction of sp³-hybridized carbons (Fsp3) is 0.333. The third kappa shape index (κ3) is 6.54. The van der Waals surface area contributed by atoms with Gasteiger partial charge in [-0.25, -0.2) is 14.9 Å². The lowest BCUT2D eigenvalue weighted by Gasteiger charge is -2.35. The monoisotopic (exact) mass is 640 g/mol. The molecule has 1 saturated heterocycles. The quantitative estimate of drug-likeness (QED) is 0.260. The van der Waals surface area contributed by atoms with Crippen LogP contribution in [0.5, 0.6) is 11.5 Å². The highest BCUT2D eigenvalue weighted by atomic mass is 35.5. The predicted molar refractivity (Wildman–Crippen MR) is 153 cm³/mol. The van der Waals surface area contributed by atoms with Crippen LogP contribution in [0.25, 0.3) is 0 Å². The fourth-order valence-electron chi connectivity index (χ4n) is 4.89. The Morgan fingerprint density at radius 2 is 1.58 bits per heavy atom. The fourth-order valence-corrected chi connectivity index (χ4v) is 5.15. The smallest absolute Gasteiger partial charge is 0.491 e. The molecule has 0 aliphatic carbocycles. The van der Waals surface area contributed by atoms with Crippen LogP contribution in [0.1, 0.15) is 43.5 Å². The van der Waals surface area contributed by atoms with Gasteiger partial charge in [-0.15, -0.1) is 0 Å². The van der Waals surface area contributed by atoms with E-state index in [4.69, 9.17) is 42.1 Å². The zero-order chi connectivity index (χ0) is 31.6. The Hall–Kier alpha value is -3.51. The Morgan fingerprint density at radius 3 is 2.12 bits per heavy atom. The SMILES string of the molecule is CCOC(=O)C1(c2ccc(Cl)cc2)NC(OC(=O)C(F)(F)F)(c2ccc(OC)cc2OC(C)C)NC1c1ccc(Cl)cc1. The van der Waals surface area contributed by atoms with Crippen molar-refractivity contribution < 1.29 is 41.7 Å². The number of carbonyl (C=O) groups excluding carboxylic acids is 2. The van der Waals surface area contributed by atoms with Gasteiger partial charge in [0, 0.05) is 16.1 Å². The molecule has 1 aliphatic rings. The average Bonchev–Trinajstić information content (AvgIpc) is 3.30. The summed E-state index contributed by atoms with van der Waals surface area (Å²) in [5.41, 5.74) is -1.38. The van der Waals surface area contributed by atoms with Crippen molar-refractivity contribution in [3.63, 3.8) is 0 Å². The highest BCUT2D eigenvalue weighted by Gasteiger charge is 2.65. The van der Waals surface area contributed by atoms with Crippen molar-refractivity contribution >= 4 is 35.1 Å². The second-order valence-corrected chi connectivity index (χ2v) is 10.8. The Balaban J connectivity index is 2.08. The van der Waals surface area contributed by atoms with E-state index in [0.29, 0.717) is 21.4 Å². The maximum atomic E-state index is 14.1. The highest BCUT2D eigenvalue weighted by molar-refractivity contribution is 6.30. The molecule has 0 radical (unpaired) electrons. The van der Waals surface area contributed by atoms with E-state index in [9.17, 15) is 22.8 Å². The van der Waals surface area contributed by atoms with Gasteiger partial charge in [-0.05, 0) is 68.3 Å². The summed E-state index contributed by atoms with van der Waals surface area (Å²) in [5.74, 6) is -5.55. The van der Waals surface area contributed by atoms with E-state index in [0.717, 1.165) is 0 Å². The molecule has 43 heavy (non-hydrogen) atoms. The molecule has 4 rings (SSSR count). The van der Waals surface area contributed by atoms with Crippen molar-refractivity contribution in [2.45, 2.75) is 50.5 Å². The van der Waals surface area contributed by atoms with Gasteiger partial charge in [0.15, 0.2) is 5.54 Å². The summed E-state index contributed by atoms with van der Waals surface area (Å²) in [7, 11) is 1.41. The Bertz CT molecular complexity index is 1470. The van der Waals surface area contributed by atoms with Gasteiger partial charge in [-0.2, -0.15) is 13.2 Å². The van der Waals surface area contributed by atoms with Gasteiger partial charge in [0.2, 0.25) is 0 Å². The minimum atomic E-state index is -5.40. The van der Waals surface area contributed by atoms with Crippen LogP contribution in [0.15, 0.2) is 66.7 Å². The zero-order valence-corrected chi connectivity index (χ0v) is 25.1. The van der Waals surface area contributed by atoms with Gasteiger partial charge in [0.25, 0.3) is 5.85 Å². The first kappa shape index (κ1) is 32.4. The third-order valence-electron chi connectivity index (χ3n) is 6.66. The van der Waals surface area contributed by atoms with Crippen molar-refractivity contribution in [2.75, 3.05) is 13.7 Å². The second-order valence-electron chi connectivity index (χ2n) is 9.89. The molecule has 13 heteroatoms. The molecule has 0 aromatic heterocycles. The molecule has 8 nitrogen and oxygen atoms in total. The lowest BCUT2D eigenvalue weighted by atomic mass is 9.80. The van der Waals surface area contributed by atoms with E-state index in [2.05, 4.69) is 10.6 Å². The molecule has 3 aromatic rings. The van der Waals surface area contributed by atoms with Crippen LogP contribution in [-0.4, -0.2) is 37.9 Å². The summed E-state index contributed by atoms with van der Waals surface area (Å²) in [6.07, 6.45) is -5.85. The van der Waals surface area contributed by atoms with E-state index in [1.54, 1.807) is 45.0 Å². The van der Waals surface area contributed by atoms with Crippen LogP contribution in [-0.2, 0) is 30.5 Å². The summed E-state index contributed by atoms with van der Waals surface area (Å²) >= 11 is 12.3. The van der Waals surface area contributed by atoms with Crippen LogP contribution >= 0.6 is 23.2 Å².